The third kappa shape index (κ3) is 4.53. The molecule has 3 heteroatoms. The number of likely N-dealkylation sites (tertiary alicyclic amines) is 1. The fourth-order valence-corrected chi connectivity index (χ4v) is 3.23. The molecule has 1 atom stereocenters. The minimum Gasteiger partial charge on any atom is -0.312 e. The Balaban J connectivity index is 1.56. The molecule has 0 bridgehead atoms. The van der Waals surface area contributed by atoms with Crippen molar-refractivity contribution in [2.45, 2.75) is 37.8 Å². The molecular weight excluding hydrogens is 258 g/mol. The van der Waals surface area contributed by atoms with Crippen LogP contribution in [0.2, 0.25) is 0 Å². The highest BCUT2D eigenvalue weighted by atomic mass is 15.2. The molecule has 1 unspecified atom stereocenters. The van der Waals surface area contributed by atoms with Crippen molar-refractivity contribution >= 4 is 0 Å². The summed E-state index contributed by atoms with van der Waals surface area (Å²) >= 11 is 0. The van der Waals surface area contributed by atoms with Gasteiger partial charge in [0.05, 0.1) is 0 Å². The Bertz CT molecular complexity index is 410. The number of hydrogen-bond acceptors (Lipinski definition) is 3. The number of nitrogens with one attached hydrogen (secondary N) is 1. The summed E-state index contributed by atoms with van der Waals surface area (Å²) in [6, 6.07) is 12.2. The van der Waals surface area contributed by atoms with E-state index in [1.165, 1.54) is 50.9 Å². The van der Waals surface area contributed by atoms with Crippen LogP contribution < -0.4 is 5.32 Å². The van der Waals surface area contributed by atoms with E-state index in [-0.39, 0.29) is 0 Å². The topological polar surface area (TPSA) is 18.5 Å². The molecule has 0 spiro atoms. The molecule has 3 nitrogen and oxygen atoms in total. The van der Waals surface area contributed by atoms with E-state index in [1.807, 2.05) is 0 Å². The zero-order valence-corrected chi connectivity index (χ0v) is 13.3. The molecule has 1 heterocycles. The summed E-state index contributed by atoms with van der Waals surface area (Å²) < 4.78 is 0. The average molecular weight is 287 g/mol. The molecule has 1 aliphatic carbocycles. The first-order chi connectivity index (χ1) is 10.3. The maximum atomic E-state index is 3.71. The Morgan fingerprint density at radius 2 is 1.90 bits per heavy atom. The van der Waals surface area contributed by atoms with Gasteiger partial charge in [-0.05, 0) is 51.4 Å². The first-order valence-corrected chi connectivity index (χ1v) is 8.54. The van der Waals surface area contributed by atoms with Gasteiger partial charge in [0.2, 0.25) is 0 Å². The zero-order valence-electron chi connectivity index (χ0n) is 13.3. The van der Waals surface area contributed by atoms with Crippen molar-refractivity contribution in [3.8, 4) is 0 Å². The molecule has 0 amide bonds. The van der Waals surface area contributed by atoms with E-state index < -0.39 is 0 Å². The Labute approximate surface area is 129 Å². The van der Waals surface area contributed by atoms with Gasteiger partial charge in [0, 0.05) is 31.7 Å². The fraction of sp³-hybridized carbons (Fsp3) is 0.667. The van der Waals surface area contributed by atoms with E-state index in [1.54, 1.807) is 0 Å². The van der Waals surface area contributed by atoms with Gasteiger partial charge >= 0.3 is 0 Å². The highest BCUT2D eigenvalue weighted by molar-refractivity contribution is 5.19. The lowest BCUT2D eigenvalue weighted by Gasteiger charge is -2.30. The van der Waals surface area contributed by atoms with E-state index in [4.69, 9.17) is 0 Å². The maximum Gasteiger partial charge on any atom is 0.0470 e. The Kier molecular flexibility index (Phi) is 5.28. The van der Waals surface area contributed by atoms with E-state index in [9.17, 15) is 0 Å². The summed E-state index contributed by atoms with van der Waals surface area (Å²) in [5, 5.41) is 3.71. The molecule has 2 fully saturated rings. The summed E-state index contributed by atoms with van der Waals surface area (Å²) in [6.07, 6.45) is 5.49. The van der Waals surface area contributed by atoms with Gasteiger partial charge in [-0.1, -0.05) is 30.3 Å². The molecule has 0 radical (unpaired) electrons. The summed E-state index contributed by atoms with van der Waals surface area (Å²) in [4.78, 5) is 5.13. The van der Waals surface area contributed by atoms with Crippen molar-refractivity contribution < 1.29 is 0 Å². The lowest BCUT2D eigenvalue weighted by atomic mass is 10.1. The predicted octanol–water partition coefficient (Wildman–Crippen LogP) is 2.51. The second-order valence-corrected chi connectivity index (χ2v) is 6.64. The largest absolute Gasteiger partial charge is 0.312 e. The van der Waals surface area contributed by atoms with Crippen LogP contribution >= 0.6 is 0 Å². The van der Waals surface area contributed by atoms with Crippen LogP contribution in [0.3, 0.4) is 0 Å². The van der Waals surface area contributed by atoms with Crippen molar-refractivity contribution in [1.29, 1.82) is 0 Å². The third-order valence-electron chi connectivity index (χ3n) is 4.86. The number of likely N-dealkylation sites (N-methyl/N-ethyl adjacent to an activating group) is 1. The first kappa shape index (κ1) is 15.0. The maximum absolute atomic E-state index is 3.71. The average Bonchev–Trinajstić information content (AvgIpc) is 3.20. The number of benzene rings is 1. The standard InChI is InChI=1S/C18H29N3/c1-20(13-14-21-11-5-6-12-21)18(15-19-17-9-10-17)16-7-3-2-4-8-16/h2-4,7-8,17-19H,5-6,9-15H2,1H3. The van der Waals surface area contributed by atoms with Gasteiger partial charge in [-0.2, -0.15) is 0 Å². The molecule has 1 saturated heterocycles. The van der Waals surface area contributed by atoms with Gasteiger partial charge in [0.25, 0.3) is 0 Å². The van der Waals surface area contributed by atoms with E-state index in [0.717, 1.165) is 19.1 Å². The molecule has 21 heavy (non-hydrogen) atoms. The lowest BCUT2D eigenvalue weighted by Crippen LogP contribution is -2.38. The molecule has 116 valence electrons. The highest BCUT2D eigenvalue weighted by Gasteiger charge is 2.24. The molecule has 2 aliphatic rings. The quantitative estimate of drug-likeness (QED) is 0.792. The van der Waals surface area contributed by atoms with Crippen LogP contribution in [0, 0.1) is 0 Å². The van der Waals surface area contributed by atoms with Crippen LogP contribution in [0.15, 0.2) is 30.3 Å². The van der Waals surface area contributed by atoms with Crippen LogP contribution in [-0.2, 0) is 0 Å². The minimum absolute atomic E-state index is 0.495. The van der Waals surface area contributed by atoms with Crippen molar-refractivity contribution in [2.75, 3.05) is 39.8 Å². The normalized spacial score (nSPS) is 21.0. The molecular formula is C18H29N3. The number of nitrogens with zero attached hydrogens (tertiary/aromatic N) is 2. The second-order valence-electron chi connectivity index (χ2n) is 6.64. The van der Waals surface area contributed by atoms with Crippen molar-refractivity contribution in [2.24, 2.45) is 0 Å². The van der Waals surface area contributed by atoms with Gasteiger partial charge in [0.1, 0.15) is 0 Å². The van der Waals surface area contributed by atoms with Gasteiger partial charge in [-0.3, -0.25) is 4.90 Å². The summed E-state index contributed by atoms with van der Waals surface area (Å²) in [7, 11) is 2.28. The number of hydrogen-bond donors (Lipinski definition) is 1. The van der Waals surface area contributed by atoms with Gasteiger partial charge in [-0.15, -0.1) is 0 Å². The molecule has 3 rings (SSSR count). The second kappa shape index (κ2) is 7.39. The van der Waals surface area contributed by atoms with Gasteiger partial charge in [-0.25, -0.2) is 0 Å². The van der Waals surface area contributed by atoms with Crippen LogP contribution in [0.25, 0.3) is 0 Å². The SMILES string of the molecule is CN(CCN1CCCC1)C(CNC1CC1)c1ccccc1. The van der Waals surface area contributed by atoms with Crippen LogP contribution in [0.4, 0.5) is 0 Å². The van der Waals surface area contributed by atoms with Crippen molar-refractivity contribution in [3.63, 3.8) is 0 Å². The van der Waals surface area contributed by atoms with Crippen LogP contribution in [0.1, 0.15) is 37.3 Å². The summed E-state index contributed by atoms with van der Waals surface area (Å²) in [5.74, 6) is 0. The Morgan fingerprint density at radius 1 is 1.19 bits per heavy atom. The lowest BCUT2D eigenvalue weighted by molar-refractivity contribution is 0.202. The van der Waals surface area contributed by atoms with E-state index in [0.29, 0.717) is 6.04 Å². The molecule has 0 aromatic heterocycles. The molecule has 1 aliphatic heterocycles. The number of rotatable bonds is 8. The van der Waals surface area contributed by atoms with Crippen LogP contribution in [-0.4, -0.2) is 55.6 Å². The third-order valence-corrected chi connectivity index (χ3v) is 4.86. The van der Waals surface area contributed by atoms with Crippen molar-refractivity contribution in [1.82, 2.24) is 15.1 Å². The zero-order chi connectivity index (χ0) is 14.5. The molecule has 1 aromatic carbocycles. The summed E-state index contributed by atoms with van der Waals surface area (Å²) in [5.41, 5.74) is 1.44. The smallest absolute Gasteiger partial charge is 0.0470 e. The predicted molar refractivity (Wildman–Crippen MR) is 88.5 cm³/mol. The first-order valence-electron chi connectivity index (χ1n) is 8.54. The molecule has 1 aromatic rings. The van der Waals surface area contributed by atoms with Gasteiger partial charge in [0.15, 0.2) is 0 Å². The molecule has 1 saturated carbocycles. The van der Waals surface area contributed by atoms with E-state index in [2.05, 4.69) is 52.5 Å². The van der Waals surface area contributed by atoms with Crippen LogP contribution in [0.5, 0.6) is 0 Å². The van der Waals surface area contributed by atoms with E-state index >= 15 is 0 Å². The Hall–Kier alpha value is -0.900. The fourth-order valence-electron chi connectivity index (χ4n) is 3.23. The summed E-state index contributed by atoms with van der Waals surface area (Å²) in [6.45, 7) is 6.04. The molecule has 1 N–H and O–H groups in total. The monoisotopic (exact) mass is 287 g/mol. The Morgan fingerprint density at radius 3 is 2.57 bits per heavy atom. The van der Waals surface area contributed by atoms with Crippen molar-refractivity contribution in [3.05, 3.63) is 35.9 Å². The highest BCUT2D eigenvalue weighted by Crippen LogP contribution is 2.23. The van der Waals surface area contributed by atoms with Gasteiger partial charge < -0.3 is 10.2 Å². The minimum atomic E-state index is 0.495.